The Balaban J connectivity index is 2.10. The minimum absolute atomic E-state index is 0.111. The third kappa shape index (κ3) is 2.27. The van der Waals surface area contributed by atoms with Crippen molar-refractivity contribution in [2.45, 2.75) is 29.7 Å². The van der Waals surface area contributed by atoms with Crippen LogP contribution in [0.25, 0.3) is 11.2 Å². The highest BCUT2D eigenvalue weighted by Gasteiger charge is 2.44. The molecule has 2 aromatic heterocycles. The molecule has 0 aromatic carbocycles. The van der Waals surface area contributed by atoms with Gasteiger partial charge in [-0.2, -0.15) is 4.98 Å². The Morgan fingerprint density at radius 1 is 1.41 bits per heavy atom. The zero-order chi connectivity index (χ0) is 15.9. The van der Waals surface area contributed by atoms with Crippen LogP contribution in [0.3, 0.4) is 0 Å². The van der Waals surface area contributed by atoms with E-state index >= 15 is 0 Å². The molecule has 118 valence electrons. The number of hydrogen-bond acceptors (Lipinski definition) is 10. The van der Waals surface area contributed by atoms with E-state index in [1.807, 2.05) is 0 Å². The number of aromatic nitrogens is 4. The van der Waals surface area contributed by atoms with Gasteiger partial charge in [0.1, 0.15) is 18.3 Å². The summed E-state index contributed by atoms with van der Waals surface area (Å²) in [6.45, 7) is -0.437. The van der Waals surface area contributed by atoms with Gasteiger partial charge in [-0.15, -0.1) is 4.91 Å². The van der Waals surface area contributed by atoms with E-state index in [-0.39, 0.29) is 17.0 Å². The molecule has 3 rings (SSSR count). The molecular weight excluding hydrogens is 314 g/mol. The molecule has 2 unspecified atom stereocenters. The second-order valence-corrected chi connectivity index (χ2v) is 5.45. The van der Waals surface area contributed by atoms with Crippen LogP contribution in [-0.2, 0) is 4.74 Å². The van der Waals surface area contributed by atoms with E-state index in [0.29, 0.717) is 5.16 Å². The van der Waals surface area contributed by atoms with Gasteiger partial charge in [-0.05, 0) is 11.4 Å². The van der Waals surface area contributed by atoms with E-state index in [1.54, 1.807) is 6.26 Å². The molecule has 1 aliphatic rings. The van der Waals surface area contributed by atoms with E-state index in [2.05, 4.69) is 20.1 Å². The molecule has 3 heterocycles. The number of rotatable bonds is 4. The maximum atomic E-state index is 10.9. The number of ether oxygens (including phenoxy) is 1. The zero-order valence-corrected chi connectivity index (χ0v) is 12.2. The predicted molar refractivity (Wildman–Crippen MR) is 75.6 cm³/mol. The van der Waals surface area contributed by atoms with Crippen LogP contribution in [0, 0.1) is 4.91 Å². The molecule has 1 aliphatic heterocycles. The lowest BCUT2D eigenvalue weighted by molar-refractivity contribution is -0.0511. The molecule has 22 heavy (non-hydrogen) atoms. The summed E-state index contributed by atoms with van der Waals surface area (Å²) in [6, 6.07) is 0. The third-order valence-electron chi connectivity index (χ3n) is 3.44. The molecule has 1 fully saturated rings. The second kappa shape index (κ2) is 5.85. The van der Waals surface area contributed by atoms with Gasteiger partial charge < -0.3 is 20.1 Å². The van der Waals surface area contributed by atoms with Crippen LogP contribution in [-0.4, -0.2) is 66.0 Å². The summed E-state index contributed by atoms with van der Waals surface area (Å²) in [5.41, 5.74) is 0.425. The number of aliphatic hydroxyl groups is 3. The van der Waals surface area contributed by atoms with Gasteiger partial charge in [0.05, 0.1) is 12.9 Å². The lowest BCUT2D eigenvalue weighted by Gasteiger charge is -2.16. The molecule has 10 nitrogen and oxygen atoms in total. The summed E-state index contributed by atoms with van der Waals surface area (Å²) >= 11 is 1.22. The fourth-order valence-electron chi connectivity index (χ4n) is 2.33. The molecule has 3 N–H and O–H groups in total. The number of nitrogens with zero attached hydrogens (tertiary/aromatic N) is 5. The van der Waals surface area contributed by atoms with Gasteiger partial charge >= 0.3 is 0 Å². The van der Waals surface area contributed by atoms with Gasteiger partial charge in [-0.3, -0.25) is 4.57 Å². The molecule has 0 spiro atoms. The summed E-state index contributed by atoms with van der Waals surface area (Å²) in [5.74, 6) is -0.111. The number of aliphatic hydroxyl groups excluding tert-OH is 3. The van der Waals surface area contributed by atoms with Crippen molar-refractivity contribution < 1.29 is 20.1 Å². The largest absolute Gasteiger partial charge is 0.394 e. The molecular formula is C11H13N5O5S. The first-order valence-corrected chi connectivity index (χ1v) is 7.57. The van der Waals surface area contributed by atoms with Crippen LogP contribution < -0.4 is 0 Å². The standard InChI is InChI=1S/C11H13N5O5S/c1-22-11-13-8(15-20)5-9(14-11)16(3-12-5)10-7(19)6(18)4(2-17)21-10/h3-4,6-7,10,17-19H,2H2,1H3/t4-,6?,7?,10-/m1/s1. The maximum absolute atomic E-state index is 10.9. The minimum Gasteiger partial charge on any atom is -0.394 e. The van der Waals surface area contributed by atoms with Crippen molar-refractivity contribution in [3.05, 3.63) is 11.2 Å². The Morgan fingerprint density at radius 2 is 2.18 bits per heavy atom. The van der Waals surface area contributed by atoms with E-state index in [4.69, 9.17) is 9.84 Å². The van der Waals surface area contributed by atoms with Crippen LogP contribution in [0.4, 0.5) is 5.82 Å². The summed E-state index contributed by atoms with van der Waals surface area (Å²) in [4.78, 5) is 23.1. The first kappa shape index (κ1) is 15.2. The van der Waals surface area contributed by atoms with E-state index in [9.17, 15) is 15.1 Å². The van der Waals surface area contributed by atoms with Gasteiger partial charge in [0.15, 0.2) is 22.5 Å². The summed E-state index contributed by atoms with van der Waals surface area (Å²) in [5, 5.41) is 32.2. The quantitative estimate of drug-likeness (QED) is 0.386. The summed E-state index contributed by atoms with van der Waals surface area (Å²) < 4.78 is 6.82. The molecule has 0 amide bonds. The number of imidazole rings is 1. The Bertz CT molecular complexity index is 709. The molecule has 0 saturated carbocycles. The highest BCUT2D eigenvalue weighted by atomic mass is 32.2. The first-order chi connectivity index (χ1) is 10.6. The van der Waals surface area contributed by atoms with Gasteiger partial charge in [-0.1, -0.05) is 11.8 Å². The monoisotopic (exact) mass is 327 g/mol. The zero-order valence-electron chi connectivity index (χ0n) is 11.4. The van der Waals surface area contributed by atoms with Crippen molar-refractivity contribution in [2.24, 2.45) is 5.18 Å². The van der Waals surface area contributed by atoms with Crippen LogP contribution >= 0.6 is 11.8 Å². The summed E-state index contributed by atoms with van der Waals surface area (Å²) in [7, 11) is 0. The van der Waals surface area contributed by atoms with Gasteiger partial charge in [0, 0.05) is 0 Å². The molecule has 4 atom stereocenters. The van der Waals surface area contributed by atoms with Crippen molar-refractivity contribution in [1.29, 1.82) is 0 Å². The number of nitroso groups, excluding NO2 is 1. The average Bonchev–Trinajstić information content (AvgIpc) is 3.08. The highest BCUT2D eigenvalue weighted by molar-refractivity contribution is 7.98. The topological polar surface area (TPSA) is 143 Å². The normalized spacial score (nSPS) is 28.4. The second-order valence-electron chi connectivity index (χ2n) is 4.68. The first-order valence-electron chi connectivity index (χ1n) is 6.35. The van der Waals surface area contributed by atoms with Crippen LogP contribution in [0.15, 0.2) is 16.7 Å². The fourth-order valence-corrected chi connectivity index (χ4v) is 2.69. The number of fused-ring (bicyclic) bond motifs is 1. The highest BCUT2D eigenvalue weighted by Crippen LogP contribution is 2.33. The van der Waals surface area contributed by atoms with E-state index in [1.165, 1.54) is 22.7 Å². The lowest BCUT2D eigenvalue weighted by atomic mass is 10.1. The summed E-state index contributed by atoms with van der Waals surface area (Å²) in [6.07, 6.45) is -1.35. The Labute approximate surface area is 128 Å². The minimum atomic E-state index is -1.27. The Kier molecular flexibility index (Phi) is 4.06. The van der Waals surface area contributed by atoms with Crippen molar-refractivity contribution in [2.75, 3.05) is 12.9 Å². The average molecular weight is 327 g/mol. The van der Waals surface area contributed by atoms with Gasteiger partial charge in [0.2, 0.25) is 5.82 Å². The number of hydrogen-bond donors (Lipinski definition) is 3. The van der Waals surface area contributed by atoms with Gasteiger partial charge in [-0.25, -0.2) is 9.97 Å². The molecule has 2 aromatic rings. The lowest BCUT2D eigenvalue weighted by Crippen LogP contribution is -2.33. The fraction of sp³-hybridized carbons (Fsp3) is 0.545. The molecule has 1 saturated heterocycles. The Morgan fingerprint density at radius 3 is 2.77 bits per heavy atom. The maximum Gasteiger partial charge on any atom is 0.228 e. The van der Waals surface area contributed by atoms with Crippen LogP contribution in [0.5, 0.6) is 0 Å². The predicted octanol–water partition coefficient (Wildman–Crippen LogP) is -0.442. The van der Waals surface area contributed by atoms with E-state index in [0.717, 1.165) is 0 Å². The van der Waals surface area contributed by atoms with E-state index < -0.39 is 31.1 Å². The molecule has 11 heteroatoms. The number of thioether (sulfide) groups is 1. The molecule has 0 bridgehead atoms. The third-order valence-corrected chi connectivity index (χ3v) is 3.99. The molecule has 0 aliphatic carbocycles. The smallest absolute Gasteiger partial charge is 0.228 e. The van der Waals surface area contributed by atoms with Crippen LogP contribution in [0.2, 0.25) is 0 Å². The molecule has 0 radical (unpaired) electrons. The SMILES string of the molecule is CSc1nc(N=O)c2ncn([C@@H]3O[C@H](CO)C(O)C3O)c2n1. The Hall–Kier alpha value is -1.66. The van der Waals surface area contributed by atoms with Crippen molar-refractivity contribution in [1.82, 2.24) is 19.5 Å². The van der Waals surface area contributed by atoms with Crippen molar-refractivity contribution in [3.8, 4) is 0 Å². The van der Waals surface area contributed by atoms with Crippen molar-refractivity contribution in [3.63, 3.8) is 0 Å². The van der Waals surface area contributed by atoms with Crippen molar-refractivity contribution >= 4 is 28.7 Å². The van der Waals surface area contributed by atoms with Crippen LogP contribution in [0.1, 0.15) is 6.23 Å². The van der Waals surface area contributed by atoms with Gasteiger partial charge in [0.25, 0.3) is 0 Å².